The molecule has 0 saturated carbocycles. The van der Waals surface area contributed by atoms with Crippen molar-refractivity contribution in [2.75, 3.05) is 18.0 Å². The summed E-state index contributed by atoms with van der Waals surface area (Å²) in [6.45, 7) is 1.82. The van der Waals surface area contributed by atoms with E-state index < -0.39 is 5.60 Å². The van der Waals surface area contributed by atoms with Crippen molar-refractivity contribution in [3.8, 4) is 0 Å². The van der Waals surface area contributed by atoms with Crippen molar-refractivity contribution in [3.05, 3.63) is 30.9 Å². The second-order valence-electron chi connectivity index (χ2n) is 4.90. The molecule has 0 amide bonds. The minimum atomic E-state index is -0.814. The zero-order valence-electron chi connectivity index (χ0n) is 10.6. The lowest BCUT2D eigenvalue weighted by molar-refractivity contribution is 0.00565. The highest BCUT2D eigenvalue weighted by molar-refractivity contribution is 5.30. The van der Waals surface area contributed by atoms with Gasteiger partial charge in [0.15, 0.2) is 0 Å². The summed E-state index contributed by atoms with van der Waals surface area (Å²) in [6.07, 6.45) is 8.46. The molecule has 7 heteroatoms. The van der Waals surface area contributed by atoms with Crippen LogP contribution in [-0.4, -0.2) is 48.8 Å². The molecule has 1 aliphatic rings. The van der Waals surface area contributed by atoms with Crippen LogP contribution in [0.2, 0.25) is 0 Å². The highest BCUT2D eigenvalue weighted by atomic mass is 16.3. The van der Waals surface area contributed by atoms with Crippen LogP contribution in [0.5, 0.6) is 0 Å². The third kappa shape index (κ3) is 2.70. The van der Waals surface area contributed by atoms with Crippen LogP contribution in [0.1, 0.15) is 12.8 Å². The maximum atomic E-state index is 10.7. The average molecular weight is 260 g/mol. The average Bonchev–Trinajstić information content (AvgIpc) is 2.92. The van der Waals surface area contributed by atoms with Gasteiger partial charge in [0, 0.05) is 25.1 Å². The minimum Gasteiger partial charge on any atom is -0.386 e. The van der Waals surface area contributed by atoms with E-state index >= 15 is 0 Å². The molecule has 0 radical (unpaired) electrons. The zero-order chi connectivity index (χ0) is 13.1. The largest absolute Gasteiger partial charge is 0.386 e. The first kappa shape index (κ1) is 12.0. The predicted octanol–water partition coefficient (Wildman–Crippen LogP) is 0.0996. The smallest absolute Gasteiger partial charge is 0.225 e. The molecule has 1 fully saturated rings. The van der Waals surface area contributed by atoms with Crippen molar-refractivity contribution in [2.45, 2.75) is 25.0 Å². The van der Waals surface area contributed by atoms with Crippen molar-refractivity contribution < 1.29 is 5.11 Å². The molecule has 1 unspecified atom stereocenters. The summed E-state index contributed by atoms with van der Waals surface area (Å²) in [7, 11) is 0. The Kier molecular flexibility index (Phi) is 3.12. The first-order valence-corrected chi connectivity index (χ1v) is 6.34. The third-order valence-electron chi connectivity index (χ3n) is 3.32. The SMILES string of the molecule is OC1(Cn2ccnn2)CCCN(c2ncccn2)C1. The van der Waals surface area contributed by atoms with Gasteiger partial charge in [-0.2, -0.15) is 0 Å². The number of aromatic nitrogens is 5. The van der Waals surface area contributed by atoms with Gasteiger partial charge in [-0.25, -0.2) is 14.6 Å². The van der Waals surface area contributed by atoms with Crippen LogP contribution in [0.4, 0.5) is 5.95 Å². The summed E-state index contributed by atoms with van der Waals surface area (Å²) in [5, 5.41) is 18.4. The molecular formula is C12H16N6O. The molecule has 3 rings (SSSR count). The van der Waals surface area contributed by atoms with E-state index in [1.54, 1.807) is 35.5 Å². The van der Waals surface area contributed by atoms with Crippen molar-refractivity contribution in [1.29, 1.82) is 0 Å². The van der Waals surface area contributed by atoms with Gasteiger partial charge in [0.05, 0.1) is 19.3 Å². The number of hydrogen-bond donors (Lipinski definition) is 1. The topological polar surface area (TPSA) is 80.0 Å². The van der Waals surface area contributed by atoms with Crippen LogP contribution in [0.15, 0.2) is 30.9 Å². The quantitative estimate of drug-likeness (QED) is 0.843. The Labute approximate surface area is 110 Å². The Morgan fingerprint density at radius 2 is 2.11 bits per heavy atom. The van der Waals surface area contributed by atoms with E-state index in [0.717, 1.165) is 19.4 Å². The second-order valence-corrected chi connectivity index (χ2v) is 4.90. The van der Waals surface area contributed by atoms with Crippen LogP contribution in [0, 0.1) is 0 Å². The van der Waals surface area contributed by atoms with E-state index in [-0.39, 0.29) is 0 Å². The van der Waals surface area contributed by atoms with Gasteiger partial charge in [0.2, 0.25) is 5.95 Å². The van der Waals surface area contributed by atoms with Gasteiger partial charge in [0.25, 0.3) is 0 Å². The van der Waals surface area contributed by atoms with E-state index in [2.05, 4.69) is 20.3 Å². The molecule has 0 spiro atoms. The summed E-state index contributed by atoms with van der Waals surface area (Å²) in [4.78, 5) is 10.5. The fraction of sp³-hybridized carbons (Fsp3) is 0.500. The normalized spacial score (nSPS) is 23.5. The fourth-order valence-electron chi connectivity index (χ4n) is 2.49. The third-order valence-corrected chi connectivity index (χ3v) is 3.32. The molecule has 0 bridgehead atoms. The van der Waals surface area contributed by atoms with Gasteiger partial charge in [-0.15, -0.1) is 5.10 Å². The van der Waals surface area contributed by atoms with Crippen LogP contribution in [0.25, 0.3) is 0 Å². The van der Waals surface area contributed by atoms with Gasteiger partial charge < -0.3 is 10.0 Å². The molecule has 2 aromatic rings. The van der Waals surface area contributed by atoms with Gasteiger partial charge in [0.1, 0.15) is 5.60 Å². The van der Waals surface area contributed by atoms with E-state index in [1.165, 1.54) is 0 Å². The van der Waals surface area contributed by atoms with Crippen LogP contribution >= 0.6 is 0 Å². The van der Waals surface area contributed by atoms with Gasteiger partial charge in [-0.05, 0) is 18.9 Å². The molecule has 7 nitrogen and oxygen atoms in total. The van der Waals surface area contributed by atoms with Crippen molar-refractivity contribution in [3.63, 3.8) is 0 Å². The Bertz CT molecular complexity index is 516. The van der Waals surface area contributed by atoms with Crippen LogP contribution in [0.3, 0.4) is 0 Å². The number of anilines is 1. The molecule has 1 saturated heterocycles. The Morgan fingerprint density at radius 3 is 2.84 bits per heavy atom. The highest BCUT2D eigenvalue weighted by Gasteiger charge is 2.34. The zero-order valence-corrected chi connectivity index (χ0v) is 10.6. The summed E-state index contributed by atoms with van der Waals surface area (Å²) >= 11 is 0. The molecule has 2 aromatic heterocycles. The number of piperidine rings is 1. The van der Waals surface area contributed by atoms with Crippen molar-refractivity contribution in [1.82, 2.24) is 25.0 Å². The van der Waals surface area contributed by atoms with E-state index in [9.17, 15) is 5.11 Å². The van der Waals surface area contributed by atoms with Crippen molar-refractivity contribution in [2.24, 2.45) is 0 Å². The molecular weight excluding hydrogens is 244 g/mol. The number of nitrogens with zero attached hydrogens (tertiary/aromatic N) is 6. The van der Waals surface area contributed by atoms with E-state index in [1.807, 2.05) is 4.90 Å². The Morgan fingerprint density at radius 1 is 1.26 bits per heavy atom. The Balaban J connectivity index is 1.74. The summed E-state index contributed by atoms with van der Waals surface area (Å²) in [6, 6.07) is 1.79. The van der Waals surface area contributed by atoms with Crippen LogP contribution < -0.4 is 4.90 Å². The summed E-state index contributed by atoms with van der Waals surface area (Å²) < 4.78 is 1.66. The lowest BCUT2D eigenvalue weighted by Crippen LogP contribution is -2.51. The molecule has 1 atom stereocenters. The molecule has 3 heterocycles. The highest BCUT2D eigenvalue weighted by Crippen LogP contribution is 2.24. The molecule has 100 valence electrons. The maximum absolute atomic E-state index is 10.7. The van der Waals surface area contributed by atoms with Gasteiger partial charge in [-0.3, -0.25) is 0 Å². The number of aliphatic hydroxyl groups is 1. The monoisotopic (exact) mass is 260 g/mol. The van der Waals surface area contributed by atoms with Gasteiger partial charge >= 0.3 is 0 Å². The maximum Gasteiger partial charge on any atom is 0.225 e. The molecule has 1 N–H and O–H groups in total. The Hall–Kier alpha value is -2.02. The summed E-state index contributed by atoms with van der Waals surface area (Å²) in [5.41, 5.74) is -0.814. The number of β-amino-alcohol motifs (C(OH)–C–C–N with tert-alkyl or cyclic N) is 1. The first-order valence-electron chi connectivity index (χ1n) is 6.34. The minimum absolute atomic E-state index is 0.441. The van der Waals surface area contributed by atoms with E-state index in [0.29, 0.717) is 19.0 Å². The second kappa shape index (κ2) is 4.93. The predicted molar refractivity (Wildman–Crippen MR) is 68.5 cm³/mol. The fourth-order valence-corrected chi connectivity index (χ4v) is 2.49. The van der Waals surface area contributed by atoms with Crippen LogP contribution in [-0.2, 0) is 6.54 Å². The standard InChI is InChI=1S/C12H16N6O/c19-12(10-18-8-6-15-16-18)3-1-7-17(9-12)11-13-4-2-5-14-11/h2,4-6,8,19H,1,3,7,9-10H2. The molecule has 0 aromatic carbocycles. The van der Waals surface area contributed by atoms with E-state index in [4.69, 9.17) is 0 Å². The molecule has 0 aliphatic carbocycles. The van der Waals surface area contributed by atoms with Crippen molar-refractivity contribution >= 4 is 5.95 Å². The summed E-state index contributed by atoms with van der Waals surface area (Å²) in [5.74, 6) is 0.666. The molecule has 1 aliphatic heterocycles. The lowest BCUT2D eigenvalue weighted by atomic mass is 9.93. The lowest BCUT2D eigenvalue weighted by Gasteiger charge is -2.38. The first-order chi connectivity index (χ1) is 9.25. The molecule has 19 heavy (non-hydrogen) atoms. The number of rotatable bonds is 3. The van der Waals surface area contributed by atoms with Gasteiger partial charge in [-0.1, -0.05) is 5.21 Å². The number of hydrogen-bond acceptors (Lipinski definition) is 6.